The fourth-order valence-corrected chi connectivity index (χ4v) is 3.90. The number of carbonyl (C=O) groups is 1. The number of hydrogen-bond donors (Lipinski definition) is 2. The van der Waals surface area contributed by atoms with E-state index >= 15 is 0 Å². The lowest BCUT2D eigenvalue weighted by atomic mass is 9.71. The van der Waals surface area contributed by atoms with Crippen molar-refractivity contribution >= 4 is 17.5 Å². The van der Waals surface area contributed by atoms with E-state index in [9.17, 15) is 9.90 Å². The molecule has 3 aliphatic rings. The van der Waals surface area contributed by atoms with Crippen molar-refractivity contribution < 1.29 is 14.6 Å². The summed E-state index contributed by atoms with van der Waals surface area (Å²) in [6.45, 7) is 3.87. The summed E-state index contributed by atoms with van der Waals surface area (Å²) in [5.41, 5.74) is -0.819. The summed E-state index contributed by atoms with van der Waals surface area (Å²) in [6, 6.07) is 0. The molecule has 2 heterocycles. The third-order valence-electron chi connectivity index (χ3n) is 4.80. The number of allylic oxidation sites excluding steroid dienone is 1. The average molecular weight is 298 g/mol. The van der Waals surface area contributed by atoms with Crippen molar-refractivity contribution in [2.24, 2.45) is 11.8 Å². The van der Waals surface area contributed by atoms with Gasteiger partial charge < -0.3 is 15.2 Å². The minimum Gasteiger partial charge on any atom is -0.489 e. The Labute approximate surface area is 123 Å². The quantitative estimate of drug-likeness (QED) is 0.614. The molecule has 0 aromatic heterocycles. The number of aliphatic hydroxyl groups is 1. The van der Waals surface area contributed by atoms with Crippen molar-refractivity contribution in [2.45, 2.75) is 43.4 Å². The van der Waals surface area contributed by atoms with E-state index in [2.05, 4.69) is 18.0 Å². The highest BCUT2D eigenvalue weighted by atomic mass is 35.5. The van der Waals surface area contributed by atoms with Crippen LogP contribution in [-0.2, 0) is 9.53 Å². The van der Waals surface area contributed by atoms with Gasteiger partial charge in [-0.05, 0) is 25.7 Å². The number of rotatable bonds is 4. The predicted molar refractivity (Wildman–Crippen MR) is 76.2 cm³/mol. The van der Waals surface area contributed by atoms with Gasteiger partial charge in [0.1, 0.15) is 11.9 Å². The van der Waals surface area contributed by atoms with Crippen LogP contribution in [0.2, 0.25) is 0 Å². The van der Waals surface area contributed by atoms with Crippen molar-refractivity contribution in [3.63, 3.8) is 0 Å². The maximum atomic E-state index is 12.1. The second kappa shape index (κ2) is 5.08. The van der Waals surface area contributed by atoms with Crippen molar-refractivity contribution in [3.05, 3.63) is 24.5 Å². The largest absolute Gasteiger partial charge is 0.489 e. The van der Waals surface area contributed by atoms with Gasteiger partial charge in [0.2, 0.25) is 5.91 Å². The van der Waals surface area contributed by atoms with E-state index < -0.39 is 11.6 Å². The van der Waals surface area contributed by atoms with Gasteiger partial charge in [-0.15, -0.1) is 11.6 Å². The van der Waals surface area contributed by atoms with E-state index in [-0.39, 0.29) is 23.8 Å². The van der Waals surface area contributed by atoms with Crippen LogP contribution >= 0.6 is 11.6 Å². The summed E-state index contributed by atoms with van der Waals surface area (Å²) in [7, 11) is 0. The van der Waals surface area contributed by atoms with Crippen LogP contribution in [0.1, 0.15) is 25.7 Å². The first-order valence-corrected chi connectivity index (χ1v) is 7.73. The minimum absolute atomic E-state index is 0.0435. The second-order valence-electron chi connectivity index (χ2n) is 5.87. The number of aliphatic hydroxyl groups excluding tert-OH is 1. The number of fused-ring (bicyclic) bond motifs is 1. The molecule has 0 saturated carbocycles. The number of alkyl halides is 1. The third-order valence-corrected chi connectivity index (χ3v) is 5.01. The van der Waals surface area contributed by atoms with Crippen molar-refractivity contribution in [2.75, 3.05) is 5.88 Å². The van der Waals surface area contributed by atoms with Gasteiger partial charge in [0.15, 0.2) is 5.54 Å². The van der Waals surface area contributed by atoms with Gasteiger partial charge in [0, 0.05) is 11.8 Å². The molecular weight excluding hydrogens is 278 g/mol. The number of amides is 1. The first-order chi connectivity index (χ1) is 9.61. The van der Waals surface area contributed by atoms with E-state index in [1.807, 2.05) is 6.08 Å². The minimum atomic E-state index is -0.819. The first kappa shape index (κ1) is 14.0. The molecule has 5 heteroatoms. The molecule has 110 valence electrons. The molecule has 5 atom stereocenters. The van der Waals surface area contributed by atoms with Gasteiger partial charge in [-0.2, -0.15) is 0 Å². The van der Waals surface area contributed by atoms with Crippen molar-refractivity contribution in [1.29, 1.82) is 0 Å². The predicted octanol–water partition coefficient (Wildman–Crippen LogP) is 1.73. The summed E-state index contributed by atoms with van der Waals surface area (Å²) in [6.07, 6.45) is 6.71. The van der Waals surface area contributed by atoms with Gasteiger partial charge in [-0.25, -0.2) is 0 Å². The smallest absolute Gasteiger partial charge is 0.227 e. The van der Waals surface area contributed by atoms with Crippen molar-refractivity contribution in [3.8, 4) is 0 Å². The molecule has 3 rings (SSSR count). The molecule has 0 bridgehead atoms. The average Bonchev–Trinajstić information content (AvgIpc) is 2.69. The number of hydrogen-bond acceptors (Lipinski definition) is 3. The van der Waals surface area contributed by atoms with Crippen LogP contribution < -0.4 is 5.32 Å². The van der Waals surface area contributed by atoms with Gasteiger partial charge in [0.05, 0.1) is 12.0 Å². The van der Waals surface area contributed by atoms with Crippen LogP contribution in [-0.4, -0.2) is 34.6 Å². The molecule has 1 aliphatic carbocycles. The summed E-state index contributed by atoms with van der Waals surface area (Å²) >= 11 is 5.76. The summed E-state index contributed by atoms with van der Waals surface area (Å²) < 4.78 is 5.59. The van der Waals surface area contributed by atoms with Crippen LogP contribution in [0.3, 0.4) is 0 Å². The monoisotopic (exact) mass is 297 g/mol. The van der Waals surface area contributed by atoms with E-state index in [1.165, 1.54) is 0 Å². The molecule has 1 unspecified atom stereocenters. The Bertz CT molecular complexity index is 464. The molecule has 0 radical (unpaired) electrons. The lowest BCUT2D eigenvalue weighted by molar-refractivity contribution is -0.135. The first-order valence-electron chi connectivity index (χ1n) is 7.20. The van der Waals surface area contributed by atoms with E-state index in [0.29, 0.717) is 18.1 Å². The lowest BCUT2D eigenvalue weighted by Crippen LogP contribution is -2.68. The Kier molecular flexibility index (Phi) is 3.55. The molecule has 4 nitrogen and oxygen atoms in total. The highest BCUT2D eigenvalue weighted by Crippen LogP contribution is 2.50. The van der Waals surface area contributed by atoms with Crippen LogP contribution in [0.25, 0.3) is 0 Å². The molecule has 2 saturated heterocycles. The van der Waals surface area contributed by atoms with Gasteiger partial charge in [-0.3, -0.25) is 4.79 Å². The van der Waals surface area contributed by atoms with Crippen LogP contribution in [0.5, 0.6) is 0 Å². The molecule has 0 spiro atoms. The second-order valence-corrected chi connectivity index (χ2v) is 6.25. The van der Waals surface area contributed by atoms with Gasteiger partial charge >= 0.3 is 0 Å². The number of nitrogens with one attached hydrogen (secondary N) is 1. The van der Waals surface area contributed by atoms with Crippen molar-refractivity contribution in [1.82, 2.24) is 5.32 Å². The highest BCUT2D eigenvalue weighted by molar-refractivity contribution is 6.18. The van der Waals surface area contributed by atoms with Crippen LogP contribution in [0.15, 0.2) is 24.5 Å². The zero-order valence-corrected chi connectivity index (χ0v) is 12.1. The summed E-state index contributed by atoms with van der Waals surface area (Å²) in [5, 5.41) is 13.7. The molecule has 2 fully saturated rings. The molecule has 0 aromatic carbocycles. The fourth-order valence-electron chi connectivity index (χ4n) is 3.67. The van der Waals surface area contributed by atoms with E-state index in [1.54, 1.807) is 0 Å². The normalized spacial score (nSPS) is 40.6. The summed E-state index contributed by atoms with van der Waals surface area (Å²) in [4.78, 5) is 12.1. The Balaban J connectivity index is 1.86. The third kappa shape index (κ3) is 1.81. The molecule has 2 aliphatic heterocycles. The Hall–Kier alpha value is -1.00. The SMILES string of the molecule is C=C1O[C@H]2[C@@H](CCCl)C(=O)N[C@@]12[C@@H](O)C1C=CCCC1. The number of halogens is 1. The van der Waals surface area contributed by atoms with Gasteiger partial charge in [0.25, 0.3) is 0 Å². The maximum Gasteiger partial charge on any atom is 0.227 e. The lowest BCUT2D eigenvalue weighted by Gasteiger charge is -2.51. The van der Waals surface area contributed by atoms with E-state index in [4.69, 9.17) is 16.3 Å². The molecular formula is C15H20ClNO3. The zero-order valence-electron chi connectivity index (χ0n) is 11.3. The fraction of sp³-hybridized carbons (Fsp3) is 0.667. The summed E-state index contributed by atoms with van der Waals surface area (Å²) in [5.74, 6) is 0.537. The molecule has 0 aromatic rings. The van der Waals surface area contributed by atoms with E-state index in [0.717, 1.165) is 19.3 Å². The Morgan fingerprint density at radius 3 is 3.05 bits per heavy atom. The Morgan fingerprint density at radius 2 is 2.45 bits per heavy atom. The maximum absolute atomic E-state index is 12.1. The topological polar surface area (TPSA) is 58.6 Å². The standard InChI is InChI=1S/C15H20ClNO3/c1-9-15(12(18)10-5-3-2-4-6-10)13(20-9)11(7-8-16)14(19)17-15/h3,5,10-13,18H,1-2,4,6-8H2,(H,17,19)/t10?,11-,12+,13+,15-/m1/s1. The van der Waals surface area contributed by atoms with Gasteiger partial charge in [-0.1, -0.05) is 18.7 Å². The molecule has 2 N–H and O–H groups in total. The molecule has 1 amide bonds. The zero-order chi connectivity index (χ0) is 14.3. The van der Waals surface area contributed by atoms with Crippen LogP contribution in [0, 0.1) is 11.8 Å². The van der Waals surface area contributed by atoms with Crippen LogP contribution in [0.4, 0.5) is 0 Å². The highest BCUT2D eigenvalue weighted by Gasteiger charge is 2.68. The number of ether oxygens (including phenoxy) is 1. The number of carbonyl (C=O) groups excluding carboxylic acids is 1. The Morgan fingerprint density at radius 1 is 1.65 bits per heavy atom. The molecule has 20 heavy (non-hydrogen) atoms.